The normalized spacial score (nSPS) is 18.1. The summed E-state index contributed by atoms with van der Waals surface area (Å²) in [5.74, 6) is -0.940. The van der Waals surface area contributed by atoms with Crippen LogP contribution in [-0.2, 0) is 9.59 Å². The molecule has 0 bridgehead atoms. The van der Waals surface area contributed by atoms with Gasteiger partial charge >= 0.3 is 5.97 Å². The molecule has 0 radical (unpaired) electrons. The number of aromatic nitrogens is 2. The number of amides is 1. The second kappa shape index (κ2) is 5.69. The zero-order chi connectivity index (χ0) is 15.0. The van der Waals surface area contributed by atoms with Crippen LogP contribution in [0.2, 0.25) is 0 Å². The molecule has 21 heavy (non-hydrogen) atoms. The zero-order valence-electron chi connectivity index (χ0n) is 10.9. The summed E-state index contributed by atoms with van der Waals surface area (Å²) < 4.78 is 2.88. The number of carbonyl (C=O) groups excluding carboxylic acids is 1. The topological polar surface area (TPSA) is 84.2 Å². The lowest BCUT2D eigenvalue weighted by Crippen LogP contribution is -2.16. The lowest BCUT2D eigenvalue weighted by Gasteiger charge is -2.14. The Morgan fingerprint density at radius 1 is 1.57 bits per heavy atom. The van der Waals surface area contributed by atoms with Crippen molar-refractivity contribution in [3.63, 3.8) is 0 Å². The van der Waals surface area contributed by atoms with Crippen LogP contribution in [0.5, 0.6) is 0 Å². The van der Waals surface area contributed by atoms with E-state index in [9.17, 15) is 9.59 Å². The van der Waals surface area contributed by atoms with E-state index in [1.807, 2.05) is 22.8 Å². The van der Waals surface area contributed by atoms with Gasteiger partial charge in [0.05, 0.1) is 22.8 Å². The maximum Gasteiger partial charge on any atom is 0.313 e. The van der Waals surface area contributed by atoms with Gasteiger partial charge < -0.3 is 15.0 Å². The predicted molar refractivity (Wildman–Crippen MR) is 82.5 cm³/mol. The van der Waals surface area contributed by atoms with Crippen molar-refractivity contribution in [2.75, 3.05) is 12.3 Å². The maximum absolute atomic E-state index is 11.5. The molecule has 8 heteroatoms. The molecule has 0 saturated carbocycles. The fraction of sp³-hybridized carbons (Fsp3) is 0.308. The Bertz CT molecular complexity index is 731. The second-order valence-corrected chi connectivity index (χ2v) is 6.60. The number of nitrogens with zero attached hydrogens (tertiary/aromatic N) is 2. The van der Waals surface area contributed by atoms with Crippen molar-refractivity contribution in [2.24, 2.45) is 0 Å². The van der Waals surface area contributed by atoms with Crippen molar-refractivity contribution in [2.45, 2.75) is 17.6 Å². The number of hydrogen-bond acceptors (Lipinski definition) is 4. The molecule has 3 rings (SSSR count). The van der Waals surface area contributed by atoms with Gasteiger partial charge in [0, 0.05) is 17.4 Å². The minimum Gasteiger partial charge on any atom is -0.481 e. The number of imidazole rings is 1. The fourth-order valence-corrected chi connectivity index (χ4v) is 3.55. The third-order valence-corrected chi connectivity index (χ3v) is 4.70. The number of carboxylic acid groups (broad SMARTS) is 1. The average Bonchev–Trinajstić information content (AvgIpc) is 2.99. The Kier molecular flexibility index (Phi) is 3.90. The SMILES string of the molecule is O=C(O)CSc1nc2ccc(Br)cc2n1C1CNC(=O)C1. The van der Waals surface area contributed by atoms with E-state index in [1.165, 1.54) is 11.8 Å². The first-order valence-electron chi connectivity index (χ1n) is 6.33. The Hall–Kier alpha value is -1.54. The van der Waals surface area contributed by atoms with E-state index in [1.54, 1.807) is 0 Å². The predicted octanol–water partition coefficient (Wildman–Crippen LogP) is 2.04. The third-order valence-electron chi connectivity index (χ3n) is 3.26. The van der Waals surface area contributed by atoms with Crippen LogP contribution in [0, 0.1) is 0 Å². The highest BCUT2D eigenvalue weighted by Crippen LogP contribution is 2.32. The highest BCUT2D eigenvalue weighted by Gasteiger charge is 2.27. The molecule has 1 atom stereocenters. The standard InChI is InChI=1S/C13H12BrN3O3S/c14-7-1-2-9-10(3-7)17(8-4-11(18)15-5-8)13(16-9)21-6-12(19)20/h1-3,8H,4-6H2,(H,15,18)(H,19,20). The van der Waals surface area contributed by atoms with Crippen LogP contribution in [-0.4, -0.2) is 38.8 Å². The van der Waals surface area contributed by atoms with E-state index in [2.05, 4.69) is 26.2 Å². The van der Waals surface area contributed by atoms with Gasteiger partial charge in [-0.15, -0.1) is 0 Å². The van der Waals surface area contributed by atoms with Gasteiger partial charge in [-0.05, 0) is 18.2 Å². The first-order chi connectivity index (χ1) is 10.0. The number of fused-ring (bicyclic) bond motifs is 1. The molecular formula is C13H12BrN3O3S. The molecular weight excluding hydrogens is 358 g/mol. The van der Waals surface area contributed by atoms with Gasteiger partial charge in [0.2, 0.25) is 5.91 Å². The lowest BCUT2D eigenvalue weighted by atomic mass is 10.2. The molecule has 2 aromatic rings. The second-order valence-electron chi connectivity index (χ2n) is 4.74. The van der Waals surface area contributed by atoms with Gasteiger partial charge in [-0.25, -0.2) is 4.98 Å². The van der Waals surface area contributed by atoms with Crippen molar-refractivity contribution in [3.05, 3.63) is 22.7 Å². The number of hydrogen-bond donors (Lipinski definition) is 2. The summed E-state index contributed by atoms with van der Waals surface area (Å²) in [6.07, 6.45) is 0.388. The van der Waals surface area contributed by atoms with Crippen molar-refractivity contribution < 1.29 is 14.7 Å². The van der Waals surface area contributed by atoms with Gasteiger partial charge in [-0.2, -0.15) is 0 Å². The molecule has 1 aliphatic rings. The summed E-state index contributed by atoms with van der Waals surface area (Å²) in [5, 5.41) is 12.3. The largest absolute Gasteiger partial charge is 0.481 e. The molecule has 110 valence electrons. The van der Waals surface area contributed by atoms with Gasteiger partial charge in [-0.1, -0.05) is 27.7 Å². The number of nitrogens with one attached hydrogen (secondary N) is 1. The maximum atomic E-state index is 11.5. The number of benzene rings is 1. The monoisotopic (exact) mass is 369 g/mol. The van der Waals surface area contributed by atoms with Gasteiger partial charge in [0.25, 0.3) is 0 Å². The summed E-state index contributed by atoms with van der Waals surface area (Å²) >= 11 is 4.61. The Balaban J connectivity index is 2.07. The van der Waals surface area contributed by atoms with Crippen LogP contribution in [0.4, 0.5) is 0 Å². The van der Waals surface area contributed by atoms with Gasteiger partial charge in [0.1, 0.15) is 0 Å². The van der Waals surface area contributed by atoms with E-state index in [0.717, 1.165) is 15.5 Å². The minimum atomic E-state index is -0.889. The molecule has 1 fully saturated rings. The number of carboxylic acids is 1. The van der Waals surface area contributed by atoms with Crippen molar-refractivity contribution in [3.8, 4) is 0 Å². The molecule has 0 aliphatic carbocycles. The number of aliphatic carboxylic acids is 1. The van der Waals surface area contributed by atoms with Crippen LogP contribution in [0.3, 0.4) is 0 Å². The minimum absolute atomic E-state index is 0.00558. The summed E-state index contributed by atoms with van der Waals surface area (Å²) in [5.41, 5.74) is 1.70. The van der Waals surface area contributed by atoms with E-state index in [-0.39, 0.29) is 17.7 Å². The molecule has 1 saturated heterocycles. The number of thioether (sulfide) groups is 1. The van der Waals surface area contributed by atoms with Crippen LogP contribution >= 0.6 is 27.7 Å². The summed E-state index contributed by atoms with van der Waals surface area (Å²) in [6, 6.07) is 5.68. The average molecular weight is 370 g/mol. The van der Waals surface area contributed by atoms with Crippen molar-refractivity contribution >= 4 is 50.6 Å². The molecule has 1 aromatic carbocycles. The molecule has 1 aliphatic heterocycles. The Morgan fingerprint density at radius 3 is 3.05 bits per heavy atom. The van der Waals surface area contributed by atoms with Gasteiger partial charge in [-0.3, -0.25) is 9.59 Å². The molecule has 1 aromatic heterocycles. The van der Waals surface area contributed by atoms with Crippen LogP contribution in [0.25, 0.3) is 11.0 Å². The zero-order valence-corrected chi connectivity index (χ0v) is 13.3. The smallest absolute Gasteiger partial charge is 0.313 e. The highest BCUT2D eigenvalue weighted by atomic mass is 79.9. The van der Waals surface area contributed by atoms with E-state index in [0.29, 0.717) is 18.1 Å². The van der Waals surface area contributed by atoms with E-state index in [4.69, 9.17) is 5.11 Å². The van der Waals surface area contributed by atoms with E-state index >= 15 is 0 Å². The van der Waals surface area contributed by atoms with Crippen LogP contribution in [0.1, 0.15) is 12.5 Å². The van der Waals surface area contributed by atoms with Crippen LogP contribution < -0.4 is 5.32 Å². The summed E-state index contributed by atoms with van der Waals surface area (Å²) in [4.78, 5) is 26.8. The summed E-state index contributed by atoms with van der Waals surface area (Å²) in [7, 11) is 0. The number of halogens is 1. The molecule has 1 amide bonds. The quantitative estimate of drug-likeness (QED) is 0.805. The Morgan fingerprint density at radius 2 is 2.38 bits per heavy atom. The fourth-order valence-electron chi connectivity index (χ4n) is 2.40. The molecule has 1 unspecified atom stereocenters. The van der Waals surface area contributed by atoms with Gasteiger partial charge in [0.15, 0.2) is 5.16 Å². The molecule has 0 spiro atoms. The van der Waals surface area contributed by atoms with Crippen molar-refractivity contribution in [1.29, 1.82) is 0 Å². The highest BCUT2D eigenvalue weighted by molar-refractivity contribution is 9.10. The van der Waals surface area contributed by atoms with Crippen molar-refractivity contribution in [1.82, 2.24) is 14.9 Å². The summed E-state index contributed by atoms with van der Waals surface area (Å²) in [6.45, 7) is 0.539. The Labute approximate surface area is 133 Å². The first-order valence-corrected chi connectivity index (χ1v) is 8.11. The first kappa shape index (κ1) is 14.4. The number of rotatable bonds is 4. The lowest BCUT2D eigenvalue weighted by molar-refractivity contribution is -0.134. The van der Waals surface area contributed by atoms with E-state index < -0.39 is 5.97 Å². The molecule has 2 N–H and O–H groups in total. The number of carbonyl (C=O) groups is 2. The third kappa shape index (κ3) is 2.91. The molecule has 6 nitrogen and oxygen atoms in total. The molecule has 2 heterocycles. The van der Waals surface area contributed by atoms with Crippen LogP contribution in [0.15, 0.2) is 27.8 Å².